The van der Waals surface area contributed by atoms with Gasteiger partial charge in [-0.05, 0) is 91.2 Å². The molecule has 17 nitrogen and oxygen atoms in total. The Labute approximate surface area is 329 Å². The van der Waals surface area contributed by atoms with Gasteiger partial charge in [-0.25, -0.2) is 5.01 Å². The van der Waals surface area contributed by atoms with Crippen LogP contribution in [0, 0.1) is 6.92 Å². The average Bonchev–Trinajstić information content (AvgIpc) is 3.37. The number of phenols is 3. The molecule has 1 aliphatic rings. The van der Waals surface area contributed by atoms with Crippen LogP contribution < -0.4 is 10.7 Å². The molecular weight excluding hydrogens is 846 g/mol. The van der Waals surface area contributed by atoms with Crippen molar-refractivity contribution in [1.82, 2.24) is 0 Å². The molecule has 0 aliphatic carbocycles. The van der Waals surface area contributed by atoms with E-state index in [-0.39, 0.29) is 84.1 Å². The average molecular weight is 875 g/mol. The molecule has 0 bridgehead atoms. The van der Waals surface area contributed by atoms with Crippen LogP contribution >= 0.6 is 0 Å². The van der Waals surface area contributed by atoms with E-state index in [1.54, 1.807) is 19.1 Å². The van der Waals surface area contributed by atoms with E-state index < -0.39 is 43.2 Å². The summed E-state index contributed by atoms with van der Waals surface area (Å²) in [5.41, 5.74) is 8.18. The van der Waals surface area contributed by atoms with Crippen molar-refractivity contribution in [2.75, 3.05) is 10.7 Å². The molecule has 0 saturated heterocycles. The number of nitrogens with two attached hydrogens (primary N) is 1. The topological polar surface area (TPSA) is 281 Å². The molecule has 1 heterocycles. The fourth-order valence-electron chi connectivity index (χ4n) is 5.47. The Balaban J connectivity index is 0.00000325. The first kappa shape index (κ1) is 41.8. The summed E-state index contributed by atoms with van der Waals surface area (Å²) >= 11 is 0. The standard InChI is InChI=1S/C33H29N7O10S2.2Cu/c1-16-13-28(52(48,49)50)22-9-12-25(32(43)29(22)30(16)34)37-35-23-10-3-18(14-26(23)41)19-4-11-24(27(42)15-19)36-38-31-17(2)39-40(33(31)44)20-5-7-21(8-6-20)51(45,46)47;;/h3-15,31,33,41-44H,34H2,1-2H3,(H,45,46,47)(H,48,49,50);;. The zero-order valence-electron chi connectivity index (χ0n) is 27.7. The third-order valence-corrected chi connectivity index (χ3v) is 9.97. The van der Waals surface area contributed by atoms with Crippen molar-refractivity contribution in [3.63, 3.8) is 0 Å². The maximum atomic E-state index is 11.9. The number of azo groups is 2. The van der Waals surface area contributed by atoms with Gasteiger partial charge in [0.1, 0.15) is 33.5 Å². The smallest absolute Gasteiger partial charge is 0.295 e. The number of aliphatic hydroxyl groups excluding tert-OH is 1. The van der Waals surface area contributed by atoms with E-state index in [0.29, 0.717) is 28.1 Å². The molecule has 5 aromatic rings. The van der Waals surface area contributed by atoms with Crippen LogP contribution in [0.4, 0.5) is 28.4 Å². The number of aliphatic hydroxyl groups is 1. The number of aryl methyl sites for hydroxylation is 1. The van der Waals surface area contributed by atoms with Gasteiger partial charge in [0.2, 0.25) is 0 Å². The molecule has 8 N–H and O–H groups in total. The summed E-state index contributed by atoms with van der Waals surface area (Å²) in [7, 11) is -9.03. The van der Waals surface area contributed by atoms with Crippen molar-refractivity contribution in [2.45, 2.75) is 35.9 Å². The summed E-state index contributed by atoms with van der Waals surface area (Å²) < 4.78 is 65.3. The number of hydrogen-bond acceptors (Lipinski definition) is 15. The molecule has 0 amide bonds. The Bertz CT molecular complexity index is 2590. The molecule has 6 rings (SSSR count). The molecule has 0 fully saturated rings. The molecule has 2 radical (unpaired) electrons. The maximum absolute atomic E-state index is 11.9. The number of fused-ring (bicyclic) bond motifs is 1. The van der Waals surface area contributed by atoms with Crippen LogP contribution in [0.25, 0.3) is 21.9 Å². The van der Waals surface area contributed by atoms with Gasteiger partial charge in [-0.1, -0.05) is 18.2 Å². The van der Waals surface area contributed by atoms with E-state index in [2.05, 4.69) is 25.6 Å². The summed E-state index contributed by atoms with van der Waals surface area (Å²) in [6, 6.07) is 16.8. The number of aromatic hydroxyl groups is 3. The van der Waals surface area contributed by atoms with Crippen LogP contribution in [0.1, 0.15) is 12.5 Å². The minimum atomic E-state index is -4.63. The zero-order chi connectivity index (χ0) is 37.7. The number of hydrogen-bond donors (Lipinski definition) is 7. The second-order valence-corrected chi connectivity index (χ2v) is 14.5. The Morgan fingerprint density at radius 3 is 1.80 bits per heavy atom. The molecule has 0 aromatic heterocycles. The largest absolute Gasteiger partial charge is 0.506 e. The molecular formula is C33H29Cu2N7O10S2. The van der Waals surface area contributed by atoms with Crippen molar-refractivity contribution in [1.29, 1.82) is 0 Å². The van der Waals surface area contributed by atoms with E-state index in [0.717, 1.165) is 12.1 Å². The van der Waals surface area contributed by atoms with Gasteiger partial charge in [0.25, 0.3) is 20.2 Å². The Kier molecular flexibility index (Phi) is 12.2. The van der Waals surface area contributed by atoms with Crippen molar-refractivity contribution in [2.24, 2.45) is 25.6 Å². The van der Waals surface area contributed by atoms with Crippen LogP contribution in [0.5, 0.6) is 17.2 Å². The first-order chi connectivity index (χ1) is 24.4. The van der Waals surface area contributed by atoms with Crippen molar-refractivity contribution in [3.05, 3.63) is 84.4 Å². The summed E-state index contributed by atoms with van der Waals surface area (Å²) in [6.45, 7) is 3.13. The Morgan fingerprint density at radius 1 is 0.722 bits per heavy atom. The van der Waals surface area contributed by atoms with Crippen LogP contribution in [0.3, 0.4) is 0 Å². The third kappa shape index (κ3) is 8.24. The minimum absolute atomic E-state index is 0. The van der Waals surface area contributed by atoms with E-state index in [1.807, 2.05) is 0 Å². The molecule has 2 atom stereocenters. The van der Waals surface area contributed by atoms with Crippen LogP contribution in [-0.4, -0.2) is 64.3 Å². The second kappa shape index (κ2) is 15.8. The molecule has 21 heteroatoms. The third-order valence-electron chi connectivity index (χ3n) is 8.21. The van der Waals surface area contributed by atoms with Gasteiger partial charge >= 0.3 is 0 Å². The summed E-state index contributed by atoms with van der Waals surface area (Å²) in [4.78, 5) is -0.751. The predicted molar refractivity (Wildman–Crippen MR) is 190 cm³/mol. The molecule has 290 valence electrons. The van der Waals surface area contributed by atoms with E-state index in [1.165, 1.54) is 66.5 Å². The number of phenolic OH excluding ortho intramolecular Hbond substituents is 3. The Morgan fingerprint density at radius 2 is 1.26 bits per heavy atom. The van der Waals surface area contributed by atoms with Crippen molar-refractivity contribution < 1.29 is 80.5 Å². The van der Waals surface area contributed by atoms with Gasteiger partial charge < -0.3 is 26.2 Å². The maximum Gasteiger partial charge on any atom is 0.295 e. The summed E-state index contributed by atoms with van der Waals surface area (Å²) in [5.74, 6) is -1.04. The van der Waals surface area contributed by atoms with Gasteiger partial charge in [-0.3, -0.25) is 9.11 Å². The van der Waals surface area contributed by atoms with Crippen LogP contribution in [0.15, 0.2) is 114 Å². The monoisotopic (exact) mass is 873 g/mol. The predicted octanol–water partition coefficient (Wildman–Crippen LogP) is 6.08. The summed E-state index contributed by atoms with van der Waals surface area (Å²) in [6.07, 6.45) is -1.30. The molecule has 1 aliphatic heterocycles. The summed E-state index contributed by atoms with van der Waals surface area (Å²) in [5, 5.41) is 64.8. The van der Waals surface area contributed by atoms with E-state index in [9.17, 15) is 46.4 Å². The quantitative estimate of drug-likeness (QED) is 0.0404. The zero-order valence-corrected chi connectivity index (χ0v) is 31.2. The molecule has 0 spiro atoms. The van der Waals surface area contributed by atoms with Gasteiger partial charge in [-0.2, -0.15) is 32.2 Å². The first-order valence-electron chi connectivity index (χ1n) is 15.0. The number of benzene rings is 5. The van der Waals surface area contributed by atoms with Gasteiger partial charge in [0, 0.05) is 45.2 Å². The molecule has 0 saturated carbocycles. The number of anilines is 2. The molecule has 54 heavy (non-hydrogen) atoms. The number of nitrogen functional groups attached to an aromatic ring is 1. The minimum Gasteiger partial charge on any atom is -0.506 e. The molecule has 5 aromatic carbocycles. The van der Waals surface area contributed by atoms with Gasteiger partial charge in [0.05, 0.1) is 21.7 Å². The van der Waals surface area contributed by atoms with Gasteiger partial charge in [-0.15, -0.1) is 10.2 Å². The SMILES string of the molecule is CC1=NN(c2ccc(S(=O)(=O)O)cc2)C(O)C1N=Nc1ccc(-c2ccc(N=Nc3ccc4c(S(=O)(=O)O)cc(C)c(N)c4c3O)c(O)c2)cc1O.[Cu].[Cu]. The van der Waals surface area contributed by atoms with Crippen LogP contribution in [-0.2, 0) is 54.4 Å². The van der Waals surface area contributed by atoms with E-state index in [4.69, 9.17) is 5.73 Å². The van der Waals surface area contributed by atoms with E-state index >= 15 is 0 Å². The van der Waals surface area contributed by atoms with Crippen molar-refractivity contribution >= 4 is 65.2 Å². The molecule has 2 unspecified atom stereocenters. The number of hydrazone groups is 1. The number of nitrogens with zero attached hydrogens (tertiary/aromatic N) is 6. The Hall–Kier alpha value is -4.95. The fraction of sp³-hybridized carbons (Fsp3) is 0.121. The number of rotatable bonds is 8. The van der Waals surface area contributed by atoms with Crippen molar-refractivity contribution in [3.8, 4) is 28.4 Å². The first-order valence-corrected chi connectivity index (χ1v) is 17.9. The fourth-order valence-corrected chi connectivity index (χ4v) is 6.72. The van der Waals surface area contributed by atoms with Crippen LogP contribution in [0.2, 0.25) is 0 Å². The van der Waals surface area contributed by atoms with Gasteiger partial charge in [0.15, 0.2) is 18.0 Å². The second-order valence-electron chi connectivity index (χ2n) is 11.7. The normalized spacial score (nSPS) is 16.1.